The topological polar surface area (TPSA) is 78.8 Å². The number of thioether (sulfide) groups is 1. The van der Waals surface area contributed by atoms with Crippen molar-refractivity contribution in [3.05, 3.63) is 36.0 Å². The molecule has 21 heavy (non-hydrogen) atoms. The molecule has 0 saturated heterocycles. The van der Waals surface area contributed by atoms with E-state index in [1.165, 1.54) is 11.8 Å². The van der Waals surface area contributed by atoms with Gasteiger partial charge in [-0.1, -0.05) is 23.4 Å². The molecule has 2 aromatic rings. The molecule has 106 valence electrons. The number of carbonyl (C=O) groups is 1. The fourth-order valence-electron chi connectivity index (χ4n) is 2.43. The Hall–Kier alpha value is -2.28. The summed E-state index contributed by atoms with van der Waals surface area (Å²) in [4.78, 5) is 25.1. The van der Waals surface area contributed by atoms with Crippen LogP contribution in [0, 0.1) is 0 Å². The normalized spacial score (nSPS) is 20.9. The monoisotopic (exact) mass is 300 g/mol. The van der Waals surface area contributed by atoms with Crippen LogP contribution in [0.3, 0.4) is 0 Å². The van der Waals surface area contributed by atoms with Crippen LogP contribution in [-0.4, -0.2) is 40.2 Å². The molecular weight excluding hydrogens is 288 g/mol. The molecule has 0 saturated carbocycles. The summed E-state index contributed by atoms with van der Waals surface area (Å²) in [5, 5.41) is 8.36. The van der Waals surface area contributed by atoms with Crippen LogP contribution in [0.15, 0.2) is 40.6 Å². The lowest BCUT2D eigenvalue weighted by Gasteiger charge is -2.02. The number of rotatable bonds is 3. The van der Waals surface area contributed by atoms with Crippen molar-refractivity contribution < 1.29 is 9.63 Å². The second kappa shape index (κ2) is 4.92. The Bertz CT molecular complexity index is 780. The number of hydrogen-bond donors (Lipinski definition) is 2. The molecule has 0 amide bonds. The van der Waals surface area contributed by atoms with E-state index in [4.69, 9.17) is 4.84 Å². The first-order chi connectivity index (χ1) is 10.3. The van der Waals surface area contributed by atoms with Crippen LogP contribution in [0.1, 0.15) is 10.4 Å². The van der Waals surface area contributed by atoms with Crippen LogP contribution in [0.5, 0.6) is 0 Å². The van der Waals surface area contributed by atoms with Crippen molar-refractivity contribution in [2.45, 2.75) is 6.04 Å². The Morgan fingerprint density at radius 2 is 2.29 bits per heavy atom. The number of Topliss-reactive ketones (excluding diaryl/α,β-unsaturated/α-hetero) is 1. The second-order valence-electron chi connectivity index (χ2n) is 4.76. The zero-order valence-electron chi connectivity index (χ0n) is 11.0. The van der Waals surface area contributed by atoms with E-state index in [2.05, 4.69) is 20.4 Å². The van der Waals surface area contributed by atoms with Crippen LogP contribution < -0.4 is 5.32 Å². The zero-order chi connectivity index (χ0) is 14.2. The molecule has 1 atom stereocenters. The largest absolute Gasteiger partial charge is 0.372 e. The van der Waals surface area contributed by atoms with Crippen molar-refractivity contribution in [1.29, 1.82) is 0 Å². The van der Waals surface area contributed by atoms with Crippen LogP contribution >= 0.6 is 11.8 Å². The maximum Gasteiger partial charge on any atom is 0.219 e. The first-order valence-electron chi connectivity index (χ1n) is 6.58. The number of para-hydroxylation sites is 1. The molecule has 0 fully saturated rings. The third-order valence-corrected chi connectivity index (χ3v) is 4.52. The van der Waals surface area contributed by atoms with Gasteiger partial charge in [0, 0.05) is 22.9 Å². The van der Waals surface area contributed by atoms with E-state index in [1.54, 1.807) is 6.20 Å². The van der Waals surface area contributed by atoms with Gasteiger partial charge in [-0.3, -0.25) is 9.79 Å². The highest BCUT2D eigenvalue weighted by molar-refractivity contribution is 8.16. The Morgan fingerprint density at radius 3 is 3.14 bits per heavy atom. The van der Waals surface area contributed by atoms with Crippen molar-refractivity contribution in [3.63, 3.8) is 0 Å². The summed E-state index contributed by atoms with van der Waals surface area (Å²) in [6.45, 7) is 0.373. The Balaban J connectivity index is 1.64. The highest BCUT2D eigenvalue weighted by Crippen LogP contribution is 2.25. The predicted molar refractivity (Wildman–Crippen MR) is 82.8 cm³/mol. The molecule has 0 bridgehead atoms. The maximum atomic E-state index is 12.6. The first kappa shape index (κ1) is 12.5. The molecule has 3 heterocycles. The lowest BCUT2D eigenvalue weighted by Crippen LogP contribution is -2.30. The highest BCUT2D eigenvalue weighted by atomic mass is 32.2. The Kier molecular flexibility index (Phi) is 2.92. The van der Waals surface area contributed by atoms with Gasteiger partial charge in [0.2, 0.25) is 5.78 Å². The Morgan fingerprint density at radius 1 is 1.38 bits per heavy atom. The third-order valence-electron chi connectivity index (χ3n) is 3.48. The number of aromatic nitrogens is 1. The molecule has 1 aromatic heterocycles. The average molecular weight is 300 g/mol. The van der Waals surface area contributed by atoms with Crippen LogP contribution in [0.2, 0.25) is 0 Å². The van der Waals surface area contributed by atoms with E-state index in [0.29, 0.717) is 28.9 Å². The molecule has 1 aromatic carbocycles. The Labute approximate surface area is 124 Å². The summed E-state index contributed by atoms with van der Waals surface area (Å²) in [7, 11) is 0. The standard InChI is InChI=1S/C14H12N4O2S/c19-12(9-5-15-10-4-2-1-3-8(9)10)14-17-11(6-21-14)13-16-7-20-18-13/h1-5,11,15H,6-7H2,(H,16,18). The van der Waals surface area contributed by atoms with Gasteiger partial charge in [0.25, 0.3) is 0 Å². The minimum Gasteiger partial charge on any atom is -0.372 e. The van der Waals surface area contributed by atoms with Crippen molar-refractivity contribution in [2.75, 3.05) is 12.5 Å². The summed E-state index contributed by atoms with van der Waals surface area (Å²) in [6.07, 6.45) is 1.75. The van der Waals surface area contributed by atoms with Gasteiger partial charge in [-0.25, -0.2) is 0 Å². The van der Waals surface area contributed by atoms with E-state index in [-0.39, 0.29) is 11.8 Å². The summed E-state index contributed by atoms with van der Waals surface area (Å²) in [5.41, 5.74) is 1.62. The molecule has 7 heteroatoms. The molecular formula is C14H12N4O2S. The molecule has 2 aliphatic rings. The van der Waals surface area contributed by atoms with Crippen LogP contribution in [-0.2, 0) is 4.84 Å². The lowest BCUT2D eigenvalue weighted by atomic mass is 10.1. The van der Waals surface area contributed by atoms with E-state index >= 15 is 0 Å². The number of H-pyrrole nitrogens is 1. The molecule has 0 spiro atoms. The second-order valence-corrected chi connectivity index (χ2v) is 5.77. The van der Waals surface area contributed by atoms with Gasteiger partial charge in [-0.2, -0.15) is 0 Å². The van der Waals surface area contributed by atoms with Gasteiger partial charge in [0.1, 0.15) is 11.1 Å². The molecule has 6 nitrogen and oxygen atoms in total. The number of nitrogens with zero attached hydrogens (tertiary/aromatic N) is 2. The summed E-state index contributed by atoms with van der Waals surface area (Å²) in [5.74, 6) is 1.36. The van der Waals surface area contributed by atoms with Crippen molar-refractivity contribution in [2.24, 2.45) is 10.1 Å². The number of carbonyl (C=O) groups excluding carboxylic acids is 1. The van der Waals surface area contributed by atoms with E-state index in [9.17, 15) is 4.79 Å². The van der Waals surface area contributed by atoms with Gasteiger partial charge in [0.15, 0.2) is 12.6 Å². The molecule has 0 aliphatic carbocycles. The first-order valence-corrected chi connectivity index (χ1v) is 7.56. The SMILES string of the molecule is O=C(C1=NC(C2=NOCN2)CS1)c1c[nH]c2ccccc12. The van der Waals surface area contributed by atoms with Crippen molar-refractivity contribution in [1.82, 2.24) is 10.3 Å². The minimum absolute atomic E-state index is 0.0422. The third kappa shape index (κ3) is 2.09. The maximum absolute atomic E-state index is 12.6. The van der Waals surface area contributed by atoms with Crippen LogP contribution in [0.25, 0.3) is 10.9 Å². The van der Waals surface area contributed by atoms with Gasteiger partial charge >= 0.3 is 0 Å². The number of nitrogens with one attached hydrogen (secondary N) is 2. The number of oxime groups is 1. The van der Waals surface area contributed by atoms with Gasteiger partial charge in [-0.15, -0.1) is 11.8 Å². The smallest absolute Gasteiger partial charge is 0.219 e. The number of aliphatic imine (C=N–C) groups is 1. The molecule has 1 unspecified atom stereocenters. The lowest BCUT2D eigenvalue weighted by molar-refractivity contribution is 0.107. The van der Waals surface area contributed by atoms with E-state index in [1.807, 2.05) is 24.3 Å². The summed E-state index contributed by atoms with van der Waals surface area (Å²) in [6, 6.07) is 7.63. The molecule has 4 rings (SSSR count). The highest BCUT2D eigenvalue weighted by Gasteiger charge is 2.30. The number of aromatic amines is 1. The fraction of sp³-hybridized carbons (Fsp3) is 0.214. The quantitative estimate of drug-likeness (QED) is 0.847. The number of hydrogen-bond acceptors (Lipinski definition) is 6. The van der Waals surface area contributed by atoms with Gasteiger partial charge in [0.05, 0.1) is 5.56 Å². The fourth-order valence-corrected chi connectivity index (χ4v) is 3.42. The molecule has 0 radical (unpaired) electrons. The van der Waals surface area contributed by atoms with E-state index < -0.39 is 0 Å². The van der Waals surface area contributed by atoms with Crippen LogP contribution in [0.4, 0.5) is 0 Å². The molecule has 2 aliphatic heterocycles. The number of benzene rings is 1. The minimum atomic E-state index is -0.123. The molecule has 2 N–H and O–H groups in total. The number of amidine groups is 1. The average Bonchev–Trinajstić information content (AvgIpc) is 3.25. The zero-order valence-corrected chi connectivity index (χ0v) is 11.8. The van der Waals surface area contributed by atoms with Crippen molar-refractivity contribution >= 4 is 39.3 Å². The summed E-state index contributed by atoms with van der Waals surface area (Å²) >= 11 is 1.46. The number of fused-ring (bicyclic) bond motifs is 1. The van der Waals surface area contributed by atoms with E-state index in [0.717, 1.165) is 10.9 Å². The summed E-state index contributed by atoms with van der Waals surface area (Å²) < 4.78 is 0. The number of ketones is 1. The van der Waals surface area contributed by atoms with Gasteiger partial charge in [-0.05, 0) is 6.07 Å². The predicted octanol–water partition coefficient (Wildman–Crippen LogP) is 1.76. The van der Waals surface area contributed by atoms with Gasteiger partial charge < -0.3 is 15.1 Å². The van der Waals surface area contributed by atoms with Crippen molar-refractivity contribution in [3.8, 4) is 0 Å².